The maximum absolute atomic E-state index is 9.27. The molecule has 0 unspecified atom stereocenters. The molecule has 138 valence electrons. The zero-order valence-corrected chi connectivity index (χ0v) is 15.7. The number of hydrogen-bond acceptors (Lipinski definition) is 8. The van der Waals surface area contributed by atoms with Crippen LogP contribution in [0.3, 0.4) is 0 Å². The van der Waals surface area contributed by atoms with Gasteiger partial charge in [0.25, 0.3) is 0 Å². The Labute approximate surface area is 164 Å². The van der Waals surface area contributed by atoms with Gasteiger partial charge in [-0.15, -0.1) is 11.3 Å². The fourth-order valence-corrected chi connectivity index (χ4v) is 3.17. The van der Waals surface area contributed by atoms with Crippen LogP contribution in [0.25, 0.3) is 22.1 Å². The molecule has 0 aliphatic carbocycles. The average Bonchev–Trinajstić information content (AvgIpc) is 3.38. The van der Waals surface area contributed by atoms with Crippen LogP contribution in [0.4, 0.5) is 0 Å². The lowest BCUT2D eigenvalue weighted by Gasteiger charge is -2.11. The first-order valence-electron chi connectivity index (χ1n) is 8.35. The predicted octanol–water partition coefficient (Wildman–Crippen LogP) is 3.12. The van der Waals surface area contributed by atoms with Crippen molar-refractivity contribution >= 4 is 11.3 Å². The highest BCUT2D eigenvalue weighted by Gasteiger charge is 2.16. The zero-order chi connectivity index (χ0) is 19.5. The summed E-state index contributed by atoms with van der Waals surface area (Å²) < 4.78 is 7.72. The van der Waals surface area contributed by atoms with Gasteiger partial charge < -0.3 is 10.5 Å². The average molecular weight is 389 g/mol. The number of ether oxygens (including phenoxy) is 1. The summed E-state index contributed by atoms with van der Waals surface area (Å²) >= 11 is 1.50. The third kappa shape index (κ3) is 3.46. The molecule has 0 saturated carbocycles. The minimum absolute atomic E-state index is 0.367. The van der Waals surface area contributed by atoms with Crippen LogP contribution >= 0.6 is 11.3 Å². The van der Waals surface area contributed by atoms with Gasteiger partial charge in [-0.3, -0.25) is 0 Å². The molecule has 2 N–H and O–H groups in total. The van der Waals surface area contributed by atoms with E-state index in [9.17, 15) is 5.26 Å². The monoisotopic (exact) mass is 389 g/mol. The summed E-state index contributed by atoms with van der Waals surface area (Å²) in [5, 5.41) is 16.4. The van der Waals surface area contributed by atoms with Gasteiger partial charge >= 0.3 is 0 Å². The Balaban J connectivity index is 1.73. The van der Waals surface area contributed by atoms with Crippen LogP contribution in [0.1, 0.15) is 11.1 Å². The molecule has 1 aromatic carbocycles. The van der Waals surface area contributed by atoms with E-state index in [0.29, 0.717) is 40.8 Å². The Hall–Kier alpha value is -3.61. The smallest absolute Gasteiger partial charge is 0.218 e. The van der Waals surface area contributed by atoms with Crippen LogP contribution in [0.5, 0.6) is 11.6 Å². The highest BCUT2D eigenvalue weighted by Crippen LogP contribution is 2.34. The van der Waals surface area contributed by atoms with Gasteiger partial charge in [-0.05, 0) is 18.2 Å². The number of rotatable bonds is 5. The summed E-state index contributed by atoms with van der Waals surface area (Å²) in [6.45, 7) is 0.367. The van der Waals surface area contributed by atoms with E-state index >= 15 is 0 Å². The maximum atomic E-state index is 9.27. The highest BCUT2D eigenvalue weighted by molar-refractivity contribution is 7.13. The van der Waals surface area contributed by atoms with E-state index in [-0.39, 0.29) is 0 Å². The third-order valence-corrected chi connectivity index (χ3v) is 4.79. The van der Waals surface area contributed by atoms with Gasteiger partial charge in [-0.1, -0.05) is 0 Å². The molecule has 4 aromatic rings. The van der Waals surface area contributed by atoms with Gasteiger partial charge in [-0.2, -0.15) is 10.4 Å². The number of nitrogens with zero attached hydrogens (tertiary/aromatic N) is 6. The van der Waals surface area contributed by atoms with Crippen molar-refractivity contribution in [2.45, 2.75) is 6.54 Å². The topological polar surface area (TPSA) is 116 Å². The number of aromatic nitrogens is 5. The molecule has 0 bridgehead atoms. The van der Waals surface area contributed by atoms with Crippen LogP contribution in [0, 0.1) is 11.3 Å². The summed E-state index contributed by atoms with van der Waals surface area (Å²) in [5.74, 6) is 1.47. The number of hydrogen-bond donors (Lipinski definition) is 1. The van der Waals surface area contributed by atoms with Crippen molar-refractivity contribution in [3.8, 4) is 39.8 Å². The summed E-state index contributed by atoms with van der Waals surface area (Å²) in [6.07, 6.45) is 5.08. The van der Waals surface area contributed by atoms with Crippen LogP contribution in [0.15, 0.2) is 48.2 Å². The van der Waals surface area contributed by atoms with Gasteiger partial charge in [-0.25, -0.2) is 19.6 Å². The molecule has 0 saturated heterocycles. The van der Waals surface area contributed by atoms with E-state index in [1.54, 1.807) is 54.6 Å². The van der Waals surface area contributed by atoms with Gasteiger partial charge in [0.2, 0.25) is 5.88 Å². The summed E-state index contributed by atoms with van der Waals surface area (Å²) in [7, 11) is 1.78. The lowest BCUT2D eigenvalue weighted by Crippen LogP contribution is -2.01. The van der Waals surface area contributed by atoms with E-state index in [4.69, 9.17) is 10.5 Å². The fourth-order valence-electron chi connectivity index (χ4n) is 2.57. The molecule has 28 heavy (non-hydrogen) atoms. The van der Waals surface area contributed by atoms with Crippen LogP contribution in [-0.4, -0.2) is 24.7 Å². The molecular weight excluding hydrogens is 374 g/mol. The fraction of sp³-hybridized carbons (Fsp3) is 0.105. The number of aryl methyl sites for hydroxylation is 1. The molecule has 8 nitrogen and oxygen atoms in total. The lowest BCUT2D eigenvalue weighted by atomic mass is 10.1. The largest absolute Gasteiger partial charge is 0.438 e. The highest BCUT2D eigenvalue weighted by atomic mass is 32.1. The quantitative estimate of drug-likeness (QED) is 0.557. The summed E-state index contributed by atoms with van der Waals surface area (Å²) in [4.78, 5) is 13.0. The van der Waals surface area contributed by atoms with Gasteiger partial charge in [0.1, 0.15) is 16.5 Å². The van der Waals surface area contributed by atoms with Crippen molar-refractivity contribution in [2.24, 2.45) is 12.8 Å². The van der Waals surface area contributed by atoms with Gasteiger partial charge in [0, 0.05) is 49.2 Å². The molecule has 0 radical (unpaired) electrons. The second kappa shape index (κ2) is 7.56. The second-order valence-electron chi connectivity index (χ2n) is 5.87. The van der Waals surface area contributed by atoms with Crippen molar-refractivity contribution in [1.82, 2.24) is 24.7 Å². The van der Waals surface area contributed by atoms with Crippen molar-refractivity contribution in [1.29, 1.82) is 5.26 Å². The molecule has 4 rings (SSSR count). The van der Waals surface area contributed by atoms with Crippen molar-refractivity contribution in [3.63, 3.8) is 0 Å². The van der Waals surface area contributed by atoms with E-state index in [2.05, 4.69) is 26.1 Å². The molecule has 3 aromatic heterocycles. The first kappa shape index (κ1) is 17.8. The Kier molecular flexibility index (Phi) is 4.80. The zero-order valence-electron chi connectivity index (χ0n) is 14.9. The molecule has 0 amide bonds. The maximum Gasteiger partial charge on any atom is 0.218 e. The van der Waals surface area contributed by atoms with Crippen LogP contribution in [-0.2, 0) is 13.6 Å². The van der Waals surface area contributed by atoms with E-state index in [1.165, 1.54) is 11.3 Å². The number of nitrogens with two attached hydrogens (primary N) is 1. The first-order valence-corrected chi connectivity index (χ1v) is 9.23. The van der Waals surface area contributed by atoms with Crippen LogP contribution < -0.4 is 10.5 Å². The van der Waals surface area contributed by atoms with Crippen molar-refractivity contribution in [3.05, 3.63) is 59.4 Å². The molecule has 0 atom stereocenters. The molecule has 0 aliphatic heterocycles. The molecular formula is C19H15N7OS. The SMILES string of the molecule is Cn1nc(-c2nccs2)cc1Oc1cc(C#N)ccc1-c1ncc(CN)cn1. The van der Waals surface area contributed by atoms with E-state index in [0.717, 1.165) is 10.6 Å². The van der Waals surface area contributed by atoms with Crippen molar-refractivity contribution in [2.75, 3.05) is 0 Å². The first-order chi connectivity index (χ1) is 13.7. The molecule has 0 aliphatic rings. The molecule has 0 fully saturated rings. The predicted molar refractivity (Wildman–Crippen MR) is 104 cm³/mol. The third-order valence-electron chi connectivity index (χ3n) is 4.00. The van der Waals surface area contributed by atoms with Crippen molar-refractivity contribution < 1.29 is 4.74 Å². The van der Waals surface area contributed by atoms with E-state index < -0.39 is 0 Å². The Morgan fingerprint density at radius 1 is 1.21 bits per heavy atom. The normalized spacial score (nSPS) is 10.6. The Bertz CT molecular complexity index is 1140. The number of nitriles is 1. The number of benzene rings is 1. The van der Waals surface area contributed by atoms with Gasteiger partial charge in [0.05, 0.1) is 17.2 Å². The van der Waals surface area contributed by atoms with Gasteiger partial charge in [0.15, 0.2) is 5.82 Å². The lowest BCUT2D eigenvalue weighted by molar-refractivity contribution is 0.432. The molecule has 0 spiro atoms. The van der Waals surface area contributed by atoms with E-state index in [1.807, 2.05) is 5.38 Å². The number of thiazole rings is 1. The second-order valence-corrected chi connectivity index (χ2v) is 6.77. The standard InChI is InChI=1S/C19H15N7OS/c1-26-17(7-15(25-26)19-22-4-5-28-19)27-16-6-12(8-20)2-3-14(16)18-23-10-13(9-21)11-24-18/h2-7,10-11H,9,21H2,1H3. The molecule has 9 heteroatoms. The summed E-state index contributed by atoms with van der Waals surface area (Å²) in [5.41, 5.74) is 8.30. The minimum atomic E-state index is 0.367. The summed E-state index contributed by atoms with van der Waals surface area (Å²) in [6, 6.07) is 9.06. The van der Waals surface area contributed by atoms with Crippen LogP contribution in [0.2, 0.25) is 0 Å². The minimum Gasteiger partial charge on any atom is -0.438 e. The molecule has 3 heterocycles. The Morgan fingerprint density at radius 2 is 2.04 bits per heavy atom. The Morgan fingerprint density at radius 3 is 2.71 bits per heavy atom.